The maximum Gasteiger partial charge on any atom is 0.416 e. The summed E-state index contributed by atoms with van der Waals surface area (Å²) in [4.78, 5) is -0.554. The number of aromatic nitrogens is 1. The molecule has 3 aromatic rings. The van der Waals surface area contributed by atoms with Crippen LogP contribution in [0.1, 0.15) is 24.0 Å². The van der Waals surface area contributed by atoms with Crippen LogP contribution < -0.4 is 10.1 Å². The second-order valence-electron chi connectivity index (χ2n) is 8.60. The molecule has 194 valence electrons. The van der Waals surface area contributed by atoms with Crippen molar-refractivity contribution in [1.82, 2.24) is 9.29 Å². The zero-order valence-electron chi connectivity index (χ0n) is 19.5. The highest BCUT2D eigenvalue weighted by atomic mass is 32.2. The number of alkyl halides is 3. The fourth-order valence-corrected chi connectivity index (χ4v) is 5.50. The highest BCUT2D eigenvalue weighted by molar-refractivity contribution is 7.90. The van der Waals surface area contributed by atoms with Crippen LogP contribution in [0.4, 0.5) is 17.6 Å². The fraction of sp³-hybridized carbons (Fsp3) is 0.360. The van der Waals surface area contributed by atoms with Gasteiger partial charge in [0.2, 0.25) is 0 Å². The molecule has 6 nitrogen and oxygen atoms in total. The third-order valence-corrected chi connectivity index (χ3v) is 7.65. The molecule has 0 bridgehead atoms. The molecular formula is C25H26F4N2O4S. The average molecular weight is 527 g/mol. The second kappa shape index (κ2) is 10.6. The SMILES string of the molecule is CNCc1cc(-c2ccc(OCC3CCOCC3)cc2F)n(S(=O)(=O)c2cccc(C(F)(F)F)c2)c1. The largest absolute Gasteiger partial charge is 0.493 e. The molecule has 1 aromatic heterocycles. The van der Waals surface area contributed by atoms with E-state index in [1.165, 1.54) is 24.4 Å². The first-order chi connectivity index (χ1) is 17.1. The predicted molar refractivity (Wildman–Crippen MR) is 126 cm³/mol. The van der Waals surface area contributed by atoms with Crippen molar-refractivity contribution in [3.05, 3.63) is 71.7 Å². The molecule has 1 aliphatic rings. The molecule has 0 saturated carbocycles. The molecule has 2 aromatic carbocycles. The Hall–Kier alpha value is -2.89. The van der Waals surface area contributed by atoms with E-state index in [1.807, 2.05) is 0 Å². The van der Waals surface area contributed by atoms with E-state index in [9.17, 15) is 21.6 Å². The highest BCUT2D eigenvalue weighted by Crippen LogP contribution is 2.34. The van der Waals surface area contributed by atoms with Gasteiger partial charge in [0.05, 0.1) is 22.8 Å². The van der Waals surface area contributed by atoms with Crippen molar-refractivity contribution in [2.75, 3.05) is 26.9 Å². The predicted octanol–water partition coefficient (Wildman–Crippen LogP) is 5.07. The third kappa shape index (κ3) is 5.74. The molecule has 1 aliphatic heterocycles. The van der Waals surface area contributed by atoms with Gasteiger partial charge in [0.25, 0.3) is 10.0 Å². The Bertz CT molecular complexity index is 1320. The molecule has 0 spiro atoms. The molecule has 0 radical (unpaired) electrons. The summed E-state index contributed by atoms with van der Waals surface area (Å²) in [7, 11) is -2.81. The van der Waals surface area contributed by atoms with Gasteiger partial charge in [-0.15, -0.1) is 0 Å². The molecule has 0 amide bonds. The number of halogens is 4. The molecule has 0 atom stereocenters. The topological polar surface area (TPSA) is 69.6 Å². The summed E-state index contributed by atoms with van der Waals surface area (Å²) in [5, 5.41) is 2.89. The van der Waals surface area contributed by atoms with Crippen molar-refractivity contribution >= 4 is 10.0 Å². The number of rotatable bonds is 8. The van der Waals surface area contributed by atoms with Crippen molar-refractivity contribution < 1.29 is 35.5 Å². The zero-order chi connectivity index (χ0) is 25.9. The van der Waals surface area contributed by atoms with Crippen LogP contribution in [0.3, 0.4) is 0 Å². The third-order valence-electron chi connectivity index (χ3n) is 5.98. The summed E-state index contributed by atoms with van der Waals surface area (Å²) in [6.45, 7) is 2.00. The van der Waals surface area contributed by atoms with Gasteiger partial charge >= 0.3 is 6.18 Å². The van der Waals surface area contributed by atoms with Gasteiger partial charge in [0.1, 0.15) is 11.6 Å². The molecule has 2 heterocycles. The minimum Gasteiger partial charge on any atom is -0.493 e. The maximum absolute atomic E-state index is 15.2. The van der Waals surface area contributed by atoms with Gasteiger partial charge in [-0.05, 0) is 67.8 Å². The quantitative estimate of drug-likeness (QED) is 0.415. The van der Waals surface area contributed by atoms with Crippen LogP contribution in [0.15, 0.2) is 59.6 Å². The number of benzene rings is 2. The molecule has 4 rings (SSSR count). The molecule has 11 heteroatoms. The molecule has 0 aliphatic carbocycles. The van der Waals surface area contributed by atoms with Crippen LogP contribution in [-0.2, 0) is 27.5 Å². The summed E-state index contributed by atoms with van der Waals surface area (Å²) in [6.07, 6.45) is -1.73. The minimum atomic E-state index is -4.71. The molecule has 36 heavy (non-hydrogen) atoms. The van der Waals surface area contributed by atoms with E-state index in [-0.39, 0.29) is 17.8 Å². The van der Waals surface area contributed by atoms with E-state index in [2.05, 4.69) is 5.32 Å². The van der Waals surface area contributed by atoms with E-state index in [0.717, 1.165) is 35.0 Å². The van der Waals surface area contributed by atoms with Gasteiger partial charge in [0.15, 0.2) is 0 Å². The minimum absolute atomic E-state index is 0.00820. The Kier molecular flexibility index (Phi) is 7.72. The summed E-state index contributed by atoms with van der Waals surface area (Å²) in [5.41, 5.74) is -0.607. The summed E-state index contributed by atoms with van der Waals surface area (Å²) >= 11 is 0. The normalized spacial score (nSPS) is 15.2. The lowest BCUT2D eigenvalue weighted by atomic mass is 10.0. The van der Waals surface area contributed by atoms with Crippen LogP contribution in [0.5, 0.6) is 5.75 Å². The van der Waals surface area contributed by atoms with E-state index in [0.29, 0.717) is 43.1 Å². The lowest BCUT2D eigenvalue weighted by Crippen LogP contribution is -2.21. The maximum atomic E-state index is 15.2. The van der Waals surface area contributed by atoms with E-state index in [1.54, 1.807) is 13.1 Å². The lowest BCUT2D eigenvalue weighted by molar-refractivity contribution is -0.137. The van der Waals surface area contributed by atoms with E-state index >= 15 is 4.39 Å². The zero-order valence-corrected chi connectivity index (χ0v) is 20.3. The lowest BCUT2D eigenvalue weighted by Gasteiger charge is -2.22. The van der Waals surface area contributed by atoms with Gasteiger partial charge in [0, 0.05) is 37.6 Å². The second-order valence-corrected chi connectivity index (χ2v) is 10.4. The van der Waals surface area contributed by atoms with Gasteiger partial charge in [-0.2, -0.15) is 13.2 Å². The number of ether oxygens (including phenoxy) is 2. The molecule has 1 fully saturated rings. The van der Waals surface area contributed by atoms with Crippen LogP contribution in [0.25, 0.3) is 11.3 Å². The number of nitrogens with one attached hydrogen (secondary N) is 1. The Morgan fingerprint density at radius 2 is 1.86 bits per heavy atom. The summed E-state index contributed by atoms with van der Waals surface area (Å²) < 4.78 is 93.5. The molecule has 0 unspecified atom stereocenters. The first-order valence-corrected chi connectivity index (χ1v) is 12.8. The first kappa shape index (κ1) is 26.2. The number of hydrogen-bond acceptors (Lipinski definition) is 5. The fourth-order valence-electron chi connectivity index (χ4n) is 4.06. The van der Waals surface area contributed by atoms with Crippen molar-refractivity contribution in [2.45, 2.75) is 30.5 Å². The van der Waals surface area contributed by atoms with Crippen LogP contribution in [0, 0.1) is 11.7 Å². The standard InChI is InChI=1S/C25H26F4N2O4S/c1-30-14-18-11-24(22-6-5-20(13-23(22)26)35-16-17-7-9-34-10-8-17)31(15-18)36(32,33)21-4-2-3-19(12-21)25(27,28)29/h2-6,11-13,15,17,30H,7-10,14,16H2,1H3. The van der Waals surface area contributed by atoms with Gasteiger partial charge in [-0.25, -0.2) is 16.8 Å². The molecule has 1 saturated heterocycles. The smallest absolute Gasteiger partial charge is 0.416 e. The average Bonchev–Trinajstić information content (AvgIpc) is 3.28. The van der Waals surface area contributed by atoms with Crippen LogP contribution >= 0.6 is 0 Å². The molecule has 1 N–H and O–H groups in total. The van der Waals surface area contributed by atoms with Crippen molar-refractivity contribution in [3.63, 3.8) is 0 Å². The number of nitrogens with zero attached hydrogens (tertiary/aromatic N) is 1. The van der Waals surface area contributed by atoms with Crippen molar-refractivity contribution in [1.29, 1.82) is 0 Å². The summed E-state index contributed by atoms with van der Waals surface area (Å²) in [5.74, 6) is -0.105. The van der Waals surface area contributed by atoms with Crippen molar-refractivity contribution in [2.24, 2.45) is 5.92 Å². The van der Waals surface area contributed by atoms with E-state index < -0.39 is 32.5 Å². The Labute approximate surface area is 206 Å². The molecular weight excluding hydrogens is 500 g/mol. The van der Waals surface area contributed by atoms with Gasteiger partial charge in [-0.3, -0.25) is 0 Å². The Morgan fingerprint density at radius 3 is 2.53 bits per heavy atom. The first-order valence-electron chi connectivity index (χ1n) is 11.4. The van der Waals surface area contributed by atoms with E-state index in [4.69, 9.17) is 9.47 Å². The van der Waals surface area contributed by atoms with Crippen LogP contribution in [-0.4, -0.2) is 39.3 Å². The Morgan fingerprint density at radius 1 is 1.11 bits per heavy atom. The van der Waals surface area contributed by atoms with Gasteiger partial charge < -0.3 is 14.8 Å². The van der Waals surface area contributed by atoms with Gasteiger partial charge in [-0.1, -0.05) is 6.07 Å². The van der Waals surface area contributed by atoms with Crippen molar-refractivity contribution in [3.8, 4) is 17.0 Å². The summed E-state index contributed by atoms with van der Waals surface area (Å²) in [6, 6.07) is 9.09. The Balaban J connectivity index is 1.69. The monoisotopic (exact) mass is 526 g/mol. The number of hydrogen-bond donors (Lipinski definition) is 1. The van der Waals surface area contributed by atoms with Crippen LogP contribution in [0.2, 0.25) is 0 Å². The highest BCUT2D eigenvalue weighted by Gasteiger charge is 2.32.